The van der Waals surface area contributed by atoms with Crippen molar-refractivity contribution < 1.29 is 0 Å². The van der Waals surface area contributed by atoms with Gasteiger partial charge in [0.25, 0.3) is 0 Å². The fraction of sp³-hybridized carbons (Fsp3) is 0.765. The van der Waals surface area contributed by atoms with E-state index in [1.54, 1.807) is 5.56 Å². The molecule has 0 unspecified atom stereocenters. The first-order chi connectivity index (χ1) is 9.60. The van der Waals surface area contributed by atoms with Gasteiger partial charge in [0.1, 0.15) is 0 Å². The minimum absolute atomic E-state index is 0.756. The number of nitrogens with one attached hydrogen (secondary N) is 1. The van der Waals surface area contributed by atoms with E-state index in [0.29, 0.717) is 0 Å². The van der Waals surface area contributed by atoms with Crippen LogP contribution in [-0.4, -0.2) is 24.5 Å². The molecule has 1 aliphatic carbocycles. The van der Waals surface area contributed by atoms with Gasteiger partial charge in [0.05, 0.1) is 0 Å². The Morgan fingerprint density at radius 1 is 1.35 bits per heavy atom. The molecular weight excluding hydrogens is 264 g/mol. The molecule has 0 radical (unpaired) electrons. The fourth-order valence-corrected chi connectivity index (χ4v) is 4.37. The van der Waals surface area contributed by atoms with Crippen molar-refractivity contribution in [2.24, 2.45) is 5.92 Å². The topological polar surface area (TPSA) is 15.3 Å². The molecule has 2 nitrogen and oxygen atoms in total. The maximum atomic E-state index is 3.26. The van der Waals surface area contributed by atoms with Crippen molar-refractivity contribution in [3.8, 4) is 0 Å². The average Bonchev–Trinajstić information content (AvgIpc) is 2.99. The molecule has 1 heterocycles. The van der Waals surface area contributed by atoms with E-state index < -0.39 is 0 Å². The monoisotopic (exact) mass is 294 g/mol. The average molecular weight is 295 g/mol. The van der Waals surface area contributed by atoms with Gasteiger partial charge in [-0.3, -0.25) is 4.90 Å². The molecule has 0 aromatic carbocycles. The standard InChI is InChI=1S/C17H30N2S/c1-13(2)11-19(16-7-5-6-8-16)12-15-9-17(10-18-4)20-14(15)3/h9,13,16,18H,5-8,10-12H2,1-4H3. The zero-order valence-corrected chi connectivity index (χ0v) is 14.4. The molecule has 3 heteroatoms. The molecule has 0 spiro atoms. The zero-order valence-electron chi connectivity index (χ0n) is 13.5. The van der Waals surface area contributed by atoms with Gasteiger partial charge in [-0.15, -0.1) is 11.3 Å². The molecule has 20 heavy (non-hydrogen) atoms. The summed E-state index contributed by atoms with van der Waals surface area (Å²) in [5, 5.41) is 3.26. The SMILES string of the molecule is CNCc1cc(CN(CC(C)C)C2CCCC2)c(C)s1. The predicted molar refractivity (Wildman–Crippen MR) is 89.3 cm³/mol. The summed E-state index contributed by atoms with van der Waals surface area (Å²) in [7, 11) is 2.03. The third-order valence-electron chi connectivity index (χ3n) is 4.24. The van der Waals surface area contributed by atoms with Crippen LogP contribution in [0.15, 0.2) is 6.07 Å². The molecule has 0 aliphatic heterocycles. The van der Waals surface area contributed by atoms with Crippen LogP contribution in [-0.2, 0) is 13.1 Å². The summed E-state index contributed by atoms with van der Waals surface area (Å²) in [4.78, 5) is 5.72. The van der Waals surface area contributed by atoms with Crippen molar-refractivity contribution in [3.05, 3.63) is 21.4 Å². The molecular formula is C17H30N2S. The van der Waals surface area contributed by atoms with E-state index in [4.69, 9.17) is 0 Å². The Balaban J connectivity index is 2.05. The number of hydrogen-bond donors (Lipinski definition) is 1. The largest absolute Gasteiger partial charge is 0.315 e. The van der Waals surface area contributed by atoms with Crippen molar-refractivity contribution in [1.82, 2.24) is 10.2 Å². The Morgan fingerprint density at radius 3 is 2.65 bits per heavy atom. The summed E-state index contributed by atoms with van der Waals surface area (Å²) in [6, 6.07) is 3.24. The van der Waals surface area contributed by atoms with E-state index in [1.165, 1.54) is 42.0 Å². The van der Waals surface area contributed by atoms with Crippen LogP contribution in [0, 0.1) is 12.8 Å². The molecule has 0 saturated heterocycles. The van der Waals surface area contributed by atoms with Gasteiger partial charge in [0.2, 0.25) is 0 Å². The number of thiophene rings is 1. The van der Waals surface area contributed by atoms with Gasteiger partial charge in [-0.05, 0) is 44.4 Å². The lowest BCUT2D eigenvalue weighted by atomic mass is 10.1. The highest BCUT2D eigenvalue weighted by molar-refractivity contribution is 7.12. The quantitative estimate of drug-likeness (QED) is 0.811. The van der Waals surface area contributed by atoms with Crippen molar-refractivity contribution in [1.29, 1.82) is 0 Å². The number of nitrogens with zero attached hydrogens (tertiary/aromatic N) is 1. The van der Waals surface area contributed by atoms with Crippen LogP contribution in [0.5, 0.6) is 0 Å². The minimum atomic E-state index is 0.756. The first-order valence-corrected chi connectivity index (χ1v) is 8.88. The van der Waals surface area contributed by atoms with Gasteiger partial charge < -0.3 is 5.32 Å². The molecule has 1 fully saturated rings. The summed E-state index contributed by atoms with van der Waals surface area (Å²) < 4.78 is 0. The van der Waals surface area contributed by atoms with E-state index in [2.05, 4.69) is 37.1 Å². The molecule has 0 atom stereocenters. The van der Waals surface area contributed by atoms with Gasteiger partial charge in [0, 0.05) is 35.4 Å². The molecule has 1 aliphatic rings. The van der Waals surface area contributed by atoms with Gasteiger partial charge in [-0.2, -0.15) is 0 Å². The molecule has 1 aromatic heterocycles. The Hall–Kier alpha value is -0.380. The second-order valence-electron chi connectivity index (χ2n) is 6.59. The highest BCUT2D eigenvalue weighted by Gasteiger charge is 2.24. The van der Waals surface area contributed by atoms with Gasteiger partial charge in [0.15, 0.2) is 0 Å². The molecule has 2 rings (SSSR count). The van der Waals surface area contributed by atoms with Crippen molar-refractivity contribution in [2.75, 3.05) is 13.6 Å². The molecule has 1 aromatic rings. The third kappa shape index (κ3) is 4.31. The second kappa shape index (κ2) is 7.58. The molecule has 0 bridgehead atoms. The van der Waals surface area contributed by atoms with E-state index in [0.717, 1.165) is 25.0 Å². The summed E-state index contributed by atoms with van der Waals surface area (Å²) in [6.45, 7) is 10.3. The summed E-state index contributed by atoms with van der Waals surface area (Å²) >= 11 is 1.95. The second-order valence-corrected chi connectivity index (χ2v) is 7.93. The van der Waals surface area contributed by atoms with Crippen LogP contribution < -0.4 is 5.32 Å². The number of aryl methyl sites for hydroxylation is 1. The Labute approximate surface area is 128 Å². The highest BCUT2D eigenvalue weighted by atomic mass is 32.1. The maximum absolute atomic E-state index is 3.26. The van der Waals surface area contributed by atoms with E-state index in [-0.39, 0.29) is 0 Å². The van der Waals surface area contributed by atoms with Crippen LogP contribution in [0.25, 0.3) is 0 Å². The first kappa shape index (κ1) is 16.0. The van der Waals surface area contributed by atoms with Crippen LogP contribution >= 0.6 is 11.3 Å². The van der Waals surface area contributed by atoms with Crippen LogP contribution in [0.1, 0.15) is 54.8 Å². The van der Waals surface area contributed by atoms with Crippen molar-refractivity contribution in [2.45, 2.75) is 65.6 Å². The lowest BCUT2D eigenvalue weighted by molar-refractivity contribution is 0.168. The minimum Gasteiger partial charge on any atom is -0.315 e. The third-order valence-corrected chi connectivity index (χ3v) is 5.33. The maximum Gasteiger partial charge on any atom is 0.0296 e. The van der Waals surface area contributed by atoms with Crippen molar-refractivity contribution >= 4 is 11.3 Å². The van der Waals surface area contributed by atoms with Gasteiger partial charge in [-0.25, -0.2) is 0 Å². The number of hydrogen-bond acceptors (Lipinski definition) is 3. The fourth-order valence-electron chi connectivity index (χ4n) is 3.31. The van der Waals surface area contributed by atoms with Crippen molar-refractivity contribution in [3.63, 3.8) is 0 Å². The summed E-state index contributed by atoms with van der Waals surface area (Å²) in [6.07, 6.45) is 5.65. The van der Waals surface area contributed by atoms with E-state index >= 15 is 0 Å². The van der Waals surface area contributed by atoms with Crippen LogP contribution in [0.2, 0.25) is 0 Å². The van der Waals surface area contributed by atoms with E-state index in [1.807, 2.05) is 18.4 Å². The summed E-state index contributed by atoms with van der Waals surface area (Å²) in [5.74, 6) is 0.756. The van der Waals surface area contributed by atoms with Gasteiger partial charge >= 0.3 is 0 Å². The van der Waals surface area contributed by atoms with Crippen LogP contribution in [0.4, 0.5) is 0 Å². The lowest BCUT2D eigenvalue weighted by Gasteiger charge is -2.30. The Kier molecular flexibility index (Phi) is 6.06. The Morgan fingerprint density at radius 2 is 2.05 bits per heavy atom. The highest BCUT2D eigenvalue weighted by Crippen LogP contribution is 2.28. The molecule has 1 saturated carbocycles. The Bertz CT molecular complexity index is 405. The van der Waals surface area contributed by atoms with E-state index in [9.17, 15) is 0 Å². The van der Waals surface area contributed by atoms with Gasteiger partial charge in [-0.1, -0.05) is 26.7 Å². The lowest BCUT2D eigenvalue weighted by Crippen LogP contribution is -2.35. The zero-order chi connectivity index (χ0) is 14.5. The molecule has 0 amide bonds. The predicted octanol–water partition coefficient (Wildman–Crippen LogP) is 4.18. The number of rotatable bonds is 7. The smallest absolute Gasteiger partial charge is 0.0296 e. The molecule has 114 valence electrons. The summed E-state index contributed by atoms with van der Waals surface area (Å²) in [5.41, 5.74) is 1.55. The first-order valence-electron chi connectivity index (χ1n) is 8.07. The van der Waals surface area contributed by atoms with Crippen LogP contribution in [0.3, 0.4) is 0 Å². The molecule has 1 N–H and O–H groups in total. The normalized spacial score (nSPS) is 16.7.